The first-order valence-electron chi connectivity index (χ1n) is 9.10. The normalized spacial score (nSPS) is 10.4. The highest BCUT2D eigenvalue weighted by atomic mass is 35.5. The Morgan fingerprint density at radius 1 is 0.893 bits per heavy atom. The molecule has 0 aliphatic carbocycles. The molecule has 3 rings (SSSR count). The van der Waals surface area contributed by atoms with E-state index in [4.69, 9.17) is 21.1 Å². The molecule has 144 valence electrons. The summed E-state index contributed by atoms with van der Waals surface area (Å²) in [6.07, 6.45) is 0.767. The molecule has 5 heteroatoms. The van der Waals surface area contributed by atoms with E-state index in [0.29, 0.717) is 35.2 Å². The highest BCUT2D eigenvalue weighted by Crippen LogP contribution is 2.21. The molecule has 4 nitrogen and oxygen atoms in total. The average molecular weight is 396 g/mol. The van der Waals surface area contributed by atoms with Crippen molar-refractivity contribution in [3.05, 3.63) is 88.9 Å². The number of halogens is 1. The number of rotatable bonds is 8. The average Bonchev–Trinajstić information content (AvgIpc) is 2.70. The van der Waals surface area contributed by atoms with Gasteiger partial charge in [-0.3, -0.25) is 4.79 Å². The van der Waals surface area contributed by atoms with Gasteiger partial charge in [0.2, 0.25) is 0 Å². The van der Waals surface area contributed by atoms with E-state index < -0.39 is 0 Å². The number of aryl methyl sites for hydroxylation is 1. The molecule has 3 aromatic carbocycles. The van der Waals surface area contributed by atoms with E-state index in [1.165, 1.54) is 5.56 Å². The molecular weight excluding hydrogens is 374 g/mol. The van der Waals surface area contributed by atoms with Crippen LogP contribution in [0.2, 0.25) is 5.02 Å². The minimum Gasteiger partial charge on any atom is -0.493 e. The van der Waals surface area contributed by atoms with E-state index in [1.54, 1.807) is 36.4 Å². The van der Waals surface area contributed by atoms with E-state index >= 15 is 0 Å². The number of nitrogens with one attached hydrogen (secondary N) is 1. The number of amides is 1. The van der Waals surface area contributed by atoms with Crippen molar-refractivity contribution in [2.45, 2.75) is 13.3 Å². The van der Waals surface area contributed by atoms with E-state index in [2.05, 4.69) is 5.32 Å². The number of anilines is 1. The number of hydrogen-bond donors (Lipinski definition) is 1. The van der Waals surface area contributed by atoms with Gasteiger partial charge in [0.1, 0.15) is 11.5 Å². The van der Waals surface area contributed by atoms with Crippen LogP contribution in [0.3, 0.4) is 0 Å². The molecule has 1 N–H and O–H groups in total. The fourth-order valence-corrected chi connectivity index (χ4v) is 2.79. The van der Waals surface area contributed by atoms with Crippen molar-refractivity contribution in [2.75, 3.05) is 18.5 Å². The third-order valence-corrected chi connectivity index (χ3v) is 4.38. The molecule has 0 aliphatic heterocycles. The summed E-state index contributed by atoms with van der Waals surface area (Å²) in [5.41, 5.74) is 2.30. The molecule has 0 saturated heterocycles. The molecule has 0 fully saturated rings. The predicted octanol–water partition coefficient (Wildman–Crippen LogP) is 5.75. The third-order valence-electron chi connectivity index (χ3n) is 4.05. The number of carbonyl (C=O) groups is 1. The monoisotopic (exact) mass is 395 g/mol. The molecule has 0 radical (unpaired) electrons. The van der Waals surface area contributed by atoms with Crippen molar-refractivity contribution in [1.29, 1.82) is 0 Å². The number of carbonyl (C=O) groups excluding carboxylic acids is 1. The van der Waals surface area contributed by atoms with Gasteiger partial charge in [0.05, 0.1) is 23.9 Å². The second kappa shape index (κ2) is 9.81. The van der Waals surface area contributed by atoms with Crippen molar-refractivity contribution < 1.29 is 14.3 Å². The smallest absolute Gasteiger partial charge is 0.255 e. The van der Waals surface area contributed by atoms with Crippen LogP contribution in [-0.4, -0.2) is 19.1 Å². The maximum absolute atomic E-state index is 12.3. The maximum atomic E-state index is 12.3. The minimum absolute atomic E-state index is 0.216. The Hall–Kier alpha value is -2.98. The molecular formula is C23H22ClNO3. The Morgan fingerprint density at radius 2 is 1.61 bits per heavy atom. The van der Waals surface area contributed by atoms with Crippen LogP contribution in [0.1, 0.15) is 22.3 Å². The van der Waals surface area contributed by atoms with Gasteiger partial charge in [-0.15, -0.1) is 0 Å². The van der Waals surface area contributed by atoms with E-state index in [-0.39, 0.29) is 5.91 Å². The summed E-state index contributed by atoms with van der Waals surface area (Å²) in [5, 5.41) is 3.30. The van der Waals surface area contributed by atoms with E-state index in [1.807, 2.05) is 43.3 Å². The lowest BCUT2D eigenvalue weighted by Crippen LogP contribution is -2.12. The molecule has 1 amide bonds. The Labute approximate surface area is 170 Å². The lowest BCUT2D eigenvalue weighted by Gasteiger charge is -2.10. The minimum atomic E-state index is -0.216. The third kappa shape index (κ3) is 5.76. The van der Waals surface area contributed by atoms with Crippen LogP contribution in [0.15, 0.2) is 72.8 Å². The highest BCUT2D eigenvalue weighted by molar-refractivity contribution is 6.33. The number of benzene rings is 3. The molecule has 0 aromatic heterocycles. The Balaban J connectivity index is 1.43. The standard InChI is InChI=1S/C23H22ClNO3/c1-17-6-4-7-20(16-17)28-15-5-14-27-19-12-10-18(11-13-19)23(26)25-22-9-3-2-8-21(22)24/h2-4,6-13,16H,5,14-15H2,1H3,(H,25,26). The lowest BCUT2D eigenvalue weighted by atomic mass is 10.2. The van der Waals surface area contributed by atoms with Crippen LogP contribution in [0.5, 0.6) is 11.5 Å². The summed E-state index contributed by atoms with van der Waals surface area (Å²) < 4.78 is 11.4. The Kier molecular flexibility index (Phi) is 6.93. The molecule has 0 heterocycles. The molecule has 0 spiro atoms. The molecule has 0 atom stereocenters. The molecule has 0 unspecified atom stereocenters. The number of hydrogen-bond acceptors (Lipinski definition) is 3. The van der Waals surface area contributed by atoms with Gasteiger partial charge in [-0.1, -0.05) is 35.9 Å². The van der Waals surface area contributed by atoms with Crippen molar-refractivity contribution in [1.82, 2.24) is 0 Å². The summed E-state index contributed by atoms with van der Waals surface area (Å²) in [7, 11) is 0. The van der Waals surface area contributed by atoms with Crippen molar-refractivity contribution in [3.8, 4) is 11.5 Å². The summed E-state index contributed by atoms with van der Waals surface area (Å²) in [4.78, 5) is 12.3. The van der Waals surface area contributed by atoms with Gasteiger partial charge in [-0.2, -0.15) is 0 Å². The topological polar surface area (TPSA) is 47.6 Å². The van der Waals surface area contributed by atoms with E-state index in [9.17, 15) is 4.79 Å². The van der Waals surface area contributed by atoms with Gasteiger partial charge in [0.25, 0.3) is 5.91 Å². The summed E-state index contributed by atoms with van der Waals surface area (Å²) in [6.45, 7) is 3.16. The fourth-order valence-electron chi connectivity index (χ4n) is 2.60. The molecule has 3 aromatic rings. The quantitative estimate of drug-likeness (QED) is 0.494. The second-order valence-corrected chi connectivity index (χ2v) is 6.73. The zero-order valence-electron chi connectivity index (χ0n) is 15.7. The lowest BCUT2D eigenvalue weighted by molar-refractivity contribution is 0.102. The molecule has 0 bridgehead atoms. The van der Waals surface area contributed by atoms with Crippen LogP contribution in [0, 0.1) is 6.92 Å². The molecule has 28 heavy (non-hydrogen) atoms. The van der Waals surface area contributed by atoms with E-state index in [0.717, 1.165) is 12.2 Å². The first-order chi connectivity index (χ1) is 13.6. The van der Waals surface area contributed by atoms with Crippen LogP contribution in [-0.2, 0) is 0 Å². The predicted molar refractivity (Wildman–Crippen MR) is 113 cm³/mol. The van der Waals surface area contributed by atoms with Crippen LogP contribution in [0.25, 0.3) is 0 Å². The summed E-state index contributed by atoms with van der Waals surface area (Å²) in [6, 6.07) is 22.1. The van der Waals surface area contributed by atoms with Crippen molar-refractivity contribution in [2.24, 2.45) is 0 Å². The van der Waals surface area contributed by atoms with Crippen LogP contribution < -0.4 is 14.8 Å². The zero-order chi connectivity index (χ0) is 19.8. The van der Waals surface area contributed by atoms with Crippen LogP contribution in [0.4, 0.5) is 5.69 Å². The fraction of sp³-hybridized carbons (Fsp3) is 0.174. The van der Waals surface area contributed by atoms with Crippen molar-refractivity contribution in [3.63, 3.8) is 0 Å². The largest absolute Gasteiger partial charge is 0.493 e. The van der Waals surface area contributed by atoms with Gasteiger partial charge >= 0.3 is 0 Å². The Bertz CT molecular complexity index is 925. The first kappa shape index (κ1) is 19.8. The number of para-hydroxylation sites is 1. The van der Waals surface area contributed by atoms with Gasteiger partial charge in [-0.05, 0) is 61.0 Å². The number of ether oxygens (including phenoxy) is 2. The van der Waals surface area contributed by atoms with Gasteiger partial charge in [0, 0.05) is 12.0 Å². The molecule has 0 saturated carbocycles. The van der Waals surface area contributed by atoms with Crippen LogP contribution >= 0.6 is 11.6 Å². The Morgan fingerprint density at radius 3 is 2.32 bits per heavy atom. The summed E-state index contributed by atoms with van der Waals surface area (Å²) >= 11 is 6.07. The van der Waals surface area contributed by atoms with Gasteiger partial charge < -0.3 is 14.8 Å². The van der Waals surface area contributed by atoms with Gasteiger partial charge in [-0.25, -0.2) is 0 Å². The maximum Gasteiger partial charge on any atom is 0.255 e. The molecule has 0 aliphatic rings. The summed E-state index contributed by atoms with van der Waals surface area (Å²) in [5.74, 6) is 1.37. The van der Waals surface area contributed by atoms with Crippen molar-refractivity contribution >= 4 is 23.2 Å². The highest BCUT2D eigenvalue weighted by Gasteiger charge is 2.08. The SMILES string of the molecule is Cc1cccc(OCCCOc2ccc(C(=O)Nc3ccccc3Cl)cc2)c1. The zero-order valence-corrected chi connectivity index (χ0v) is 16.4. The van der Waals surface area contributed by atoms with Gasteiger partial charge in [0.15, 0.2) is 0 Å². The second-order valence-electron chi connectivity index (χ2n) is 6.33. The first-order valence-corrected chi connectivity index (χ1v) is 9.48.